The molecule has 2 rings (SSSR count). The molecule has 4 heteroatoms. The summed E-state index contributed by atoms with van der Waals surface area (Å²) >= 11 is 0. The molecule has 1 unspecified atom stereocenters. The maximum Gasteiger partial charge on any atom is 0.118 e. The lowest BCUT2D eigenvalue weighted by atomic mass is 9.99. The number of nitrogens with two attached hydrogens (primary N) is 1. The topological polar surface area (TPSA) is 53.1 Å². The Balaban J connectivity index is 2.11. The molecule has 0 bridgehead atoms. The Hall–Kier alpha value is -1.81. The maximum atomic E-state index is 5.83. The van der Waals surface area contributed by atoms with Crippen molar-refractivity contribution in [2.45, 2.75) is 12.5 Å². The molecule has 0 amide bonds. The molecule has 0 saturated carbocycles. The summed E-state index contributed by atoms with van der Waals surface area (Å²) in [4.78, 5) is 4.03. The highest BCUT2D eigenvalue weighted by Crippen LogP contribution is 2.20. The van der Waals surface area contributed by atoms with Crippen molar-refractivity contribution >= 4 is 0 Å². The van der Waals surface area contributed by atoms with Crippen molar-refractivity contribution in [1.82, 2.24) is 9.55 Å². The standard InChI is InChI=1S/C13H17N3O/c1-17-13-4-2-11(3-5-13)12(8-14)9-16-7-6-15-10-16/h2-7,10,12H,8-9,14H2,1H3. The quantitative estimate of drug-likeness (QED) is 0.851. The first-order chi connectivity index (χ1) is 8.33. The van der Waals surface area contributed by atoms with Gasteiger partial charge in [-0.1, -0.05) is 12.1 Å². The van der Waals surface area contributed by atoms with Crippen LogP contribution in [0.5, 0.6) is 5.75 Å². The third kappa shape index (κ3) is 2.85. The third-order valence-corrected chi connectivity index (χ3v) is 2.86. The van der Waals surface area contributed by atoms with Crippen LogP contribution in [0, 0.1) is 0 Å². The van der Waals surface area contributed by atoms with Crippen molar-refractivity contribution < 1.29 is 4.74 Å². The van der Waals surface area contributed by atoms with E-state index < -0.39 is 0 Å². The minimum atomic E-state index is 0.301. The molecular weight excluding hydrogens is 214 g/mol. The molecule has 1 heterocycles. The second-order valence-electron chi connectivity index (χ2n) is 3.97. The number of benzene rings is 1. The van der Waals surface area contributed by atoms with Crippen LogP contribution in [0.15, 0.2) is 43.0 Å². The van der Waals surface area contributed by atoms with E-state index in [-0.39, 0.29) is 0 Å². The van der Waals surface area contributed by atoms with Gasteiger partial charge in [-0.2, -0.15) is 0 Å². The van der Waals surface area contributed by atoms with Crippen molar-refractivity contribution in [3.63, 3.8) is 0 Å². The van der Waals surface area contributed by atoms with E-state index in [4.69, 9.17) is 10.5 Å². The summed E-state index contributed by atoms with van der Waals surface area (Å²) < 4.78 is 7.19. The van der Waals surface area contributed by atoms with Gasteiger partial charge in [-0.3, -0.25) is 0 Å². The number of rotatable bonds is 5. The van der Waals surface area contributed by atoms with Gasteiger partial charge in [0.05, 0.1) is 13.4 Å². The molecule has 0 aliphatic carbocycles. The molecule has 4 nitrogen and oxygen atoms in total. The second kappa shape index (κ2) is 5.50. The zero-order valence-corrected chi connectivity index (χ0v) is 9.91. The van der Waals surface area contributed by atoms with E-state index in [0.29, 0.717) is 12.5 Å². The summed E-state index contributed by atoms with van der Waals surface area (Å²) in [5.74, 6) is 1.17. The Morgan fingerprint density at radius 2 is 2.12 bits per heavy atom. The largest absolute Gasteiger partial charge is 0.497 e. The number of imidazole rings is 1. The first-order valence-corrected chi connectivity index (χ1v) is 5.63. The maximum absolute atomic E-state index is 5.83. The fraction of sp³-hybridized carbons (Fsp3) is 0.308. The Morgan fingerprint density at radius 1 is 1.35 bits per heavy atom. The van der Waals surface area contributed by atoms with Gasteiger partial charge in [-0.05, 0) is 17.7 Å². The first-order valence-electron chi connectivity index (χ1n) is 5.63. The van der Waals surface area contributed by atoms with Gasteiger partial charge in [0.25, 0.3) is 0 Å². The van der Waals surface area contributed by atoms with E-state index in [0.717, 1.165) is 12.3 Å². The monoisotopic (exact) mass is 231 g/mol. The molecule has 1 aromatic heterocycles. The minimum absolute atomic E-state index is 0.301. The fourth-order valence-electron chi connectivity index (χ4n) is 1.84. The van der Waals surface area contributed by atoms with Gasteiger partial charge in [0, 0.05) is 31.4 Å². The average Bonchev–Trinajstić information content (AvgIpc) is 2.89. The summed E-state index contributed by atoms with van der Waals surface area (Å²) in [7, 11) is 1.67. The van der Waals surface area contributed by atoms with Crippen LogP contribution in [0.3, 0.4) is 0 Å². The van der Waals surface area contributed by atoms with E-state index in [9.17, 15) is 0 Å². The molecule has 0 saturated heterocycles. The Morgan fingerprint density at radius 3 is 2.65 bits per heavy atom. The molecule has 0 aliphatic rings. The Labute approximate surface area is 101 Å². The van der Waals surface area contributed by atoms with E-state index in [2.05, 4.69) is 17.1 Å². The van der Waals surface area contributed by atoms with Crippen LogP contribution in [0.2, 0.25) is 0 Å². The zero-order valence-electron chi connectivity index (χ0n) is 9.91. The Bertz CT molecular complexity index is 436. The summed E-state index contributed by atoms with van der Waals surface area (Å²) in [6, 6.07) is 8.05. The van der Waals surface area contributed by atoms with Gasteiger partial charge in [-0.15, -0.1) is 0 Å². The number of methoxy groups -OCH3 is 1. The third-order valence-electron chi connectivity index (χ3n) is 2.86. The normalized spacial score (nSPS) is 12.4. The number of nitrogens with zero attached hydrogens (tertiary/aromatic N) is 2. The van der Waals surface area contributed by atoms with Crippen LogP contribution >= 0.6 is 0 Å². The molecule has 2 aromatic rings. The first kappa shape index (κ1) is 11.7. The highest BCUT2D eigenvalue weighted by atomic mass is 16.5. The summed E-state index contributed by atoms with van der Waals surface area (Å²) in [6.07, 6.45) is 5.54. The van der Waals surface area contributed by atoms with E-state index >= 15 is 0 Å². The van der Waals surface area contributed by atoms with Crippen molar-refractivity contribution in [1.29, 1.82) is 0 Å². The van der Waals surface area contributed by atoms with Gasteiger partial charge in [-0.25, -0.2) is 4.98 Å². The molecule has 17 heavy (non-hydrogen) atoms. The second-order valence-corrected chi connectivity index (χ2v) is 3.97. The van der Waals surface area contributed by atoms with Crippen molar-refractivity contribution in [2.24, 2.45) is 5.73 Å². The SMILES string of the molecule is COc1ccc(C(CN)Cn2ccnc2)cc1. The van der Waals surface area contributed by atoms with Crippen LogP contribution < -0.4 is 10.5 Å². The van der Waals surface area contributed by atoms with Crippen LogP contribution in [0.1, 0.15) is 11.5 Å². The van der Waals surface area contributed by atoms with E-state index in [1.54, 1.807) is 13.3 Å². The average molecular weight is 231 g/mol. The van der Waals surface area contributed by atoms with Crippen LogP contribution in [0.25, 0.3) is 0 Å². The van der Waals surface area contributed by atoms with Crippen LogP contribution in [0.4, 0.5) is 0 Å². The predicted molar refractivity (Wildman–Crippen MR) is 67.0 cm³/mol. The zero-order chi connectivity index (χ0) is 12.1. The highest BCUT2D eigenvalue weighted by molar-refractivity contribution is 5.29. The lowest BCUT2D eigenvalue weighted by Gasteiger charge is -2.16. The Kier molecular flexibility index (Phi) is 3.77. The van der Waals surface area contributed by atoms with Gasteiger partial charge in [0.15, 0.2) is 0 Å². The van der Waals surface area contributed by atoms with Crippen molar-refractivity contribution in [3.05, 3.63) is 48.5 Å². The molecular formula is C13H17N3O. The molecule has 0 radical (unpaired) electrons. The lowest BCUT2D eigenvalue weighted by molar-refractivity contribution is 0.414. The number of ether oxygens (including phenoxy) is 1. The predicted octanol–water partition coefficient (Wildman–Crippen LogP) is 1.63. The molecule has 1 atom stereocenters. The van der Waals surface area contributed by atoms with Crippen LogP contribution in [-0.4, -0.2) is 23.2 Å². The highest BCUT2D eigenvalue weighted by Gasteiger charge is 2.10. The molecule has 0 fully saturated rings. The molecule has 0 spiro atoms. The summed E-state index contributed by atoms with van der Waals surface area (Å²) in [6.45, 7) is 1.47. The number of hydrogen-bond donors (Lipinski definition) is 1. The minimum Gasteiger partial charge on any atom is -0.497 e. The summed E-state index contributed by atoms with van der Waals surface area (Å²) in [5, 5.41) is 0. The molecule has 0 aliphatic heterocycles. The summed E-state index contributed by atoms with van der Waals surface area (Å²) in [5.41, 5.74) is 7.05. The van der Waals surface area contributed by atoms with Crippen molar-refractivity contribution in [2.75, 3.05) is 13.7 Å². The smallest absolute Gasteiger partial charge is 0.118 e. The van der Waals surface area contributed by atoms with Gasteiger partial charge < -0.3 is 15.0 Å². The van der Waals surface area contributed by atoms with Crippen LogP contribution in [-0.2, 0) is 6.54 Å². The van der Waals surface area contributed by atoms with Gasteiger partial charge in [0.1, 0.15) is 5.75 Å². The number of hydrogen-bond acceptors (Lipinski definition) is 3. The molecule has 90 valence electrons. The molecule has 2 N–H and O–H groups in total. The number of aromatic nitrogens is 2. The van der Waals surface area contributed by atoms with E-state index in [1.807, 2.05) is 29.2 Å². The van der Waals surface area contributed by atoms with Crippen molar-refractivity contribution in [3.8, 4) is 5.75 Å². The molecule has 1 aromatic carbocycles. The van der Waals surface area contributed by atoms with E-state index in [1.165, 1.54) is 5.56 Å². The van der Waals surface area contributed by atoms with Gasteiger partial charge >= 0.3 is 0 Å². The lowest BCUT2D eigenvalue weighted by Crippen LogP contribution is -2.17. The fourth-order valence-corrected chi connectivity index (χ4v) is 1.84. The van der Waals surface area contributed by atoms with Gasteiger partial charge in [0.2, 0.25) is 0 Å².